The first-order valence-electron chi connectivity index (χ1n) is 5.81. The molecule has 1 unspecified atom stereocenters. The lowest BCUT2D eigenvalue weighted by Crippen LogP contribution is -2.13. The van der Waals surface area contributed by atoms with Gasteiger partial charge in [-0.2, -0.15) is 13.2 Å². The van der Waals surface area contributed by atoms with Crippen LogP contribution in [0.4, 0.5) is 13.2 Å². The Morgan fingerprint density at radius 1 is 1.33 bits per heavy atom. The van der Waals surface area contributed by atoms with Crippen LogP contribution in [0.15, 0.2) is 24.3 Å². The average molecular weight is 256 g/mol. The summed E-state index contributed by atoms with van der Waals surface area (Å²) in [5, 5.41) is 0.582. The summed E-state index contributed by atoms with van der Waals surface area (Å²) in [7, 11) is 0. The Balaban J connectivity index is 2.83. The molecule has 2 nitrogen and oxygen atoms in total. The zero-order valence-electron chi connectivity index (χ0n) is 10.3. The van der Waals surface area contributed by atoms with Crippen molar-refractivity contribution in [2.24, 2.45) is 5.73 Å². The smallest absolute Gasteiger partial charge is 0.343 e. The lowest BCUT2D eigenvalue weighted by atomic mass is 10.1. The van der Waals surface area contributed by atoms with Crippen LogP contribution in [-0.4, -0.2) is 4.57 Å². The first kappa shape index (κ1) is 13.0. The van der Waals surface area contributed by atoms with Gasteiger partial charge in [-0.1, -0.05) is 12.1 Å². The van der Waals surface area contributed by atoms with Crippen molar-refractivity contribution in [2.75, 3.05) is 0 Å². The van der Waals surface area contributed by atoms with Gasteiger partial charge in [0, 0.05) is 23.7 Å². The van der Waals surface area contributed by atoms with E-state index in [2.05, 4.69) is 0 Å². The fourth-order valence-electron chi connectivity index (χ4n) is 2.29. The molecule has 98 valence electrons. The van der Waals surface area contributed by atoms with E-state index in [0.717, 1.165) is 11.8 Å². The lowest BCUT2D eigenvalue weighted by Gasteiger charge is -2.14. The van der Waals surface area contributed by atoms with E-state index in [9.17, 15) is 13.2 Å². The average Bonchev–Trinajstić information content (AvgIpc) is 2.65. The molecule has 0 saturated heterocycles. The number of nitrogens with two attached hydrogens (primary N) is 1. The van der Waals surface area contributed by atoms with E-state index in [0.29, 0.717) is 11.9 Å². The second-order valence-electron chi connectivity index (χ2n) is 4.34. The monoisotopic (exact) mass is 256 g/mol. The molecule has 2 aromatic rings. The first-order chi connectivity index (χ1) is 8.36. The number of aromatic nitrogens is 1. The number of hydrogen-bond donors (Lipinski definition) is 1. The Morgan fingerprint density at radius 3 is 2.50 bits per heavy atom. The fourth-order valence-corrected chi connectivity index (χ4v) is 2.29. The van der Waals surface area contributed by atoms with E-state index >= 15 is 0 Å². The van der Waals surface area contributed by atoms with Crippen molar-refractivity contribution in [3.05, 3.63) is 35.5 Å². The van der Waals surface area contributed by atoms with Crippen molar-refractivity contribution in [1.29, 1.82) is 0 Å². The highest BCUT2D eigenvalue weighted by Crippen LogP contribution is 2.36. The topological polar surface area (TPSA) is 30.9 Å². The molecule has 5 heteroatoms. The van der Waals surface area contributed by atoms with E-state index in [1.54, 1.807) is 23.6 Å². The quantitative estimate of drug-likeness (QED) is 0.872. The van der Waals surface area contributed by atoms with Gasteiger partial charge < -0.3 is 10.3 Å². The van der Waals surface area contributed by atoms with Crippen molar-refractivity contribution in [3.63, 3.8) is 0 Å². The summed E-state index contributed by atoms with van der Waals surface area (Å²) in [5.74, 6) is 0. The Kier molecular flexibility index (Phi) is 3.11. The summed E-state index contributed by atoms with van der Waals surface area (Å²) < 4.78 is 40.6. The maximum absolute atomic E-state index is 13.0. The molecule has 0 amide bonds. The van der Waals surface area contributed by atoms with Gasteiger partial charge >= 0.3 is 6.18 Å². The number of aryl methyl sites for hydroxylation is 1. The van der Waals surface area contributed by atoms with Crippen LogP contribution >= 0.6 is 0 Å². The molecule has 0 aliphatic rings. The van der Waals surface area contributed by atoms with Gasteiger partial charge in [0.2, 0.25) is 0 Å². The van der Waals surface area contributed by atoms with Crippen LogP contribution in [0.1, 0.15) is 31.1 Å². The Labute approximate surface area is 103 Å². The molecule has 2 N–H and O–H groups in total. The summed E-state index contributed by atoms with van der Waals surface area (Å²) in [6.45, 7) is 4.06. The van der Waals surface area contributed by atoms with E-state index in [4.69, 9.17) is 5.73 Å². The number of hydrogen-bond acceptors (Lipinski definition) is 1. The highest BCUT2D eigenvalue weighted by molar-refractivity contribution is 5.85. The van der Waals surface area contributed by atoms with Crippen LogP contribution < -0.4 is 5.73 Å². The maximum atomic E-state index is 13.0. The summed E-state index contributed by atoms with van der Waals surface area (Å²) in [5.41, 5.74) is 6.16. The number of fused-ring (bicyclic) bond motifs is 1. The third kappa shape index (κ3) is 1.99. The molecule has 1 aromatic carbocycles. The van der Waals surface area contributed by atoms with Gasteiger partial charge in [-0.25, -0.2) is 0 Å². The molecule has 0 radical (unpaired) electrons. The van der Waals surface area contributed by atoms with Crippen LogP contribution in [0.3, 0.4) is 0 Å². The van der Waals surface area contributed by atoms with Gasteiger partial charge in [0.1, 0.15) is 0 Å². The summed E-state index contributed by atoms with van der Waals surface area (Å²) in [6.07, 6.45) is -4.35. The molecule has 0 saturated carbocycles. The highest BCUT2D eigenvalue weighted by atomic mass is 19.4. The van der Waals surface area contributed by atoms with E-state index in [1.165, 1.54) is 6.07 Å². The van der Waals surface area contributed by atoms with Crippen molar-refractivity contribution in [2.45, 2.75) is 32.6 Å². The van der Waals surface area contributed by atoms with Crippen LogP contribution in [0, 0.1) is 0 Å². The van der Waals surface area contributed by atoms with Gasteiger partial charge in [-0.3, -0.25) is 0 Å². The molecule has 0 spiro atoms. The summed E-state index contributed by atoms with van der Waals surface area (Å²) in [4.78, 5) is 0. The molecular weight excluding hydrogens is 241 g/mol. The van der Waals surface area contributed by atoms with Crippen molar-refractivity contribution in [3.8, 4) is 0 Å². The van der Waals surface area contributed by atoms with Crippen LogP contribution in [-0.2, 0) is 12.7 Å². The molecule has 18 heavy (non-hydrogen) atoms. The summed E-state index contributed by atoms with van der Waals surface area (Å²) >= 11 is 0. The second kappa shape index (κ2) is 4.31. The SMILES string of the molecule is CCn1c(C(C)N)cc2cccc(C(F)(F)F)c21. The molecular formula is C13H15F3N2. The molecule has 1 atom stereocenters. The molecule has 1 aromatic heterocycles. The lowest BCUT2D eigenvalue weighted by molar-refractivity contribution is -0.136. The number of nitrogens with zero attached hydrogens (tertiary/aromatic N) is 1. The second-order valence-corrected chi connectivity index (χ2v) is 4.34. The number of benzene rings is 1. The van der Waals surface area contributed by atoms with Crippen molar-refractivity contribution >= 4 is 10.9 Å². The van der Waals surface area contributed by atoms with E-state index in [-0.39, 0.29) is 11.6 Å². The standard InChI is InChI=1S/C13H15F3N2/c1-3-18-11(8(2)17)7-9-5-4-6-10(12(9)18)13(14,15)16/h4-8H,3,17H2,1-2H3. The Bertz CT molecular complexity index is 567. The number of halogens is 3. The third-order valence-electron chi connectivity index (χ3n) is 3.04. The molecule has 0 fully saturated rings. The molecule has 0 aliphatic heterocycles. The predicted molar refractivity (Wildman–Crippen MR) is 65.2 cm³/mol. The van der Waals surface area contributed by atoms with Crippen LogP contribution in [0.5, 0.6) is 0 Å². The van der Waals surface area contributed by atoms with Gasteiger partial charge in [-0.05, 0) is 26.0 Å². The molecule has 2 rings (SSSR count). The minimum absolute atomic E-state index is 0.222. The number of para-hydroxylation sites is 1. The fraction of sp³-hybridized carbons (Fsp3) is 0.385. The summed E-state index contributed by atoms with van der Waals surface area (Å²) in [6, 6.07) is 5.66. The van der Waals surface area contributed by atoms with Gasteiger partial charge in [0.15, 0.2) is 0 Å². The maximum Gasteiger partial charge on any atom is 0.418 e. The van der Waals surface area contributed by atoms with E-state index in [1.807, 2.05) is 6.92 Å². The molecule has 0 aliphatic carbocycles. The third-order valence-corrected chi connectivity index (χ3v) is 3.04. The van der Waals surface area contributed by atoms with Crippen molar-refractivity contribution in [1.82, 2.24) is 4.57 Å². The number of alkyl halides is 3. The minimum Gasteiger partial charge on any atom is -0.343 e. The van der Waals surface area contributed by atoms with E-state index < -0.39 is 11.7 Å². The van der Waals surface area contributed by atoms with Crippen molar-refractivity contribution < 1.29 is 13.2 Å². The largest absolute Gasteiger partial charge is 0.418 e. The van der Waals surface area contributed by atoms with Gasteiger partial charge in [0.05, 0.1) is 11.1 Å². The van der Waals surface area contributed by atoms with Gasteiger partial charge in [0.25, 0.3) is 0 Å². The zero-order chi connectivity index (χ0) is 13.5. The number of rotatable bonds is 2. The van der Waals surface area contributed by atoms with Gasteiger partial charge in [-0.15, -0.1) is 0 Å². The predicted octanol–water partition coefficient (Wildman–Crippen LogP) is 3.70. The molecule has 0 bridgehead atoms. The molecule has 1 heterocycles. The first-order valence-corrected chi connectivity index (χ1v) is 5.81. The Hall–Kier alpha value is -1.49. The Morgan fingerprint density at radius 2 is 2.00 bits per heavy atom. The zero-order valence-corrected chi connectivity index (χ0v) is 10.3. The van der Waals surface area contributed by atoms with Crippen LogP contribution in [0.2, 0.25) is 0 Å². The minimum atomic E-state index is -4.35. The highest BCUT2D eigenvalue weighted by Gasteiger charge is 2.34. The van der Waals surface area contributed by atoms with Crippen LogP contribution in [0.25, 0.3) is 10.9 Å². The normalized spacial score (nSPS) is 14.1.